The van der Waals surface area contributed by atoms with E-state index in [1.807, 2.05) is 36.4 Å². The minimum atomic E-state index is -1.03. The summed E-state index contributed by atoms with van der Waals surface area (Å²) in [6.45, 7) is 9.85. The molecule has 254 valence electrons. The number of imidazole rings is 1. The number of carboxylic acids is 1. The summed E-state index contributed by atoms with van der Waals surface area (Å²) < 4.78 is 7.92. The Labute approximate surface area is 287 Å². The topological polar surface area (TPSA) is 111 Å². The Bertz CT molecular complexity index is 2030. The van der Waals surface area contributed by atoms with Gasteiger partial charge in [-0.25, -0.2) is 9.78 Å². The molecule has 1 heterocycles. The van der Waals surface area contributed by atoms with Gasteiger partial charge >= 0.3 is 5.97 Å². The lowest BCUT2D eigenvalue weighted by Crippen LogP contribution is -2.50. The van der Waals surface area contributed by atoms with Crippen LogP contribution in [0.15, 0.2) is 84.9 Å². The number of aryl methyl sites for hydroxylation is 1. The molecule has 3 atom stereocenters. The summed E-state index contributed by atoms with van der Waals surface area (Å²) >= 11 is 0. The number of aliphatic carboxylic acids is 1. The van der Waals surface area contributed by atoms with E-state index >= 15 is 0 Å². The molecule has 5 aromatic rings. The van der Waals surface area contributed by atoms with E-state index in [-0.39, 0.29) is 21.7 Å². The maximum atomic E-state index is 11.6. The van der Waals surface area contributed by atoms with E-state index in [2.05, 4.69) is 56.5 Å². The largest absolute Gasteiger partial charge is 0.733 e. The zero-order valence-corrected chi connectivity index (χ0v) is 28.6. The van der Waals surface area contributed by atoms with Crippen molar-refractivity contribution >= 4 is 22.7 Å². The molecule has 0 amide bonds. The van der Waals surface area contributed by atoms with Crippen LogP contribution >= 0.6 is 0 Å². The highest BCUT2D eigenvalue weighted by atomic mass is 16.8. The van der Waals surface area contributed by atoms with Crippen molar-refractivity contribution in [3.63, 3.8) is 0 Å². The van der Waals surface area contributed by atoms with Gasteiger partial charge in [-0.15, -0.1) is 0 Å². The molecule has 4 aromatic carbocycles. The number of nitrogens with zero attached hydrogens (tertiary/aromatic N) is 3. The van der Waals surface area contributed by atoms with E-state index in [1.54, 1.807) is 24.3 Å². The molecular formula is C41H44N3O5-. The lowest BCUT2D eigenvalue weighted by molar-refractivity contribution is -0.139. The molecule has 7 rings (SSSR count). The van der Waals surface area contributed by atoms with Gasteiger partial charge < -0.3 is 24.8 Å². The molecule has 0 saturated heterocycles. The normalized spacial score (nSPS) is 21.7. The van der Waals surface area contributed by atoms with E-state index in [0.29, 0.717) is 17.6 Å². The third kappa shape index (κ3) is 6.08. The molecule has 0 bridgehead atoms. The Hall–Kier alpha value is -4.66. The quantitative estimate of drug-likeness (QED) is 0.152. The average molecular weight is 659 g/mol. The van der Waals surface area contributed by atoms with Crippen LogP contribution in [-0.4, -0.2) is 32.4 Å². The van der Waals surface area contributed by atoms with Crippen molar-refractivity contribution in [1.82, 2.24) is 9.55 Å². The van der Waals surface area contributed by atoms with Gasteiger partial charge in [0.2, 0.25) is 0 Å². The number of hydrogen-bond acceptors (Lipinski definition) is 6. The number of anilines is 1. The number of hydrogen-bond donors (Lipinski definition) is 2. The number of benzene rings is 4. The van der Waals surface area contributed by atoms with Crippen molar-refractivity contribution < 1.29 is 19.8 Å². The molecule has 0 radical (unpaired) electrons. The summed E-state index contributed by atoms with van der Waals surface area (Å²) in [5, 5.41) is 30.2. The first-order valence-corrected chi connectivity index (χ1v) is 17.3. The van der Waals surface area contributed by atoms with Gasteiger partial charge in [0.05, 0.1) is 16.7 Å². The fourth-order valence-corrected chi connectivity index (χ4v) is 8.92. The fraction of sp³-hybridized carbons (Fsp3) is 0.366. The van der Waals surface area contributed by atoms with Gasteiger partial charge in [-0.3, -0.25) is 5.21 Å². The Morgan fingerprint density at radius 1 is 1.00 bits per heavy atom. The van der Waals surface area contributed by atoms with Gasteiger partial charge in [0.15, 0.2) is 6.61 Å². The fourth-order valence-electron chi connectivity index (χ4n) is 8.92. The SMILES string of the molecule is CC(C)c1ccc2c(c1)CC[C@H]1[C@](C)(Cn3c(-c4cccc(OCC(=O)O)c4)nc4cc(-c5cccc(N([O-])O)c5)ccc43)CCC[C@]21C. The monoisotopic (exact) mass is 658 g/mol. The first kappa shape index (κ1) is 32.9. The maximum Gasteiger partial charge on any atom is 0.341 e. The molecule has 1 saturated carbocycles. The Morgan fingerprint density at radius 2 is 1.78 bits per heavy atom. The van der Waals surface area contributed by atoms with Crippen molar-refractivity contribution in [2.24, 2.45) is 11.3 Å². The molecule has 1 aromatic heterocycles. The van der Waals surface area contributed by atoms with Gasteiger partial charge in [0.25, 0.3) is 0 Å². The number of aromatic nitrogens is 2. The van der Waals surface area contributed by atoms with Crippen LogP contribution in [0.2, 0.25) is 0 Å². The highest BCUT2D eigenvalue weighted by Gasteiger charge is 2.52. The molecule has 2 N–H and O–H groups in total. The molecule has 1 fully saturated rings. The molecule has 8 heteroatoms. The van der Waals surface area contributed by atoms with Crippen LogP contribution in [0.5, 0.6) is 5.75 Å². The number of fused-ring (bicyclic) bond motifs is 4. The number of ether oxygens (including phenoxy) is 1. The van der Waals surface area contributed by atoms with Gasteiger partial charge in [0.1, 0.15) is 11.6 Å². The molecule has 0 aliphatic heterocycles. The van der Waals surface area contributed by atoms with Crippen molar-refractivity contribution in [3.05, 3.63) is 107 Å². The van der Waals surface area contributed by atoms with Crippen molar-refractivity contribution in [2.75, 3.05) is 11.8 Å². The van der Waals surface area contributed by atoms with Crippen molar-refractivity contribution in [2.45, 2.75) is 77.7 Å². The summed E-state index contributed by atoms with van der Waals surface area (Å²) in [4.78, 5) is 16.5. The summed E-state index contributed by atoms with van der Waals surface area (Å²) in [5.74, 6) is 1.24. The Kier molecular flexibility index (Phi) is 8.49. The predicted molar refractivity (Wildman–Crippen MR) is 193 cm³/mol. The van der Waals surface area contributed by atoms with E-state index in [9.17, 15) is 20.3 Å². The second-order valence-corrected chi connectivity index (χ2v) is 14.8. The lowest BCUT2D eigenvalue weighted by atomic mass is 9.49. The van der Waals surface area contributed by atoms with E-state index in [0.717, 1.165) is 65.8 Å². The maximum absolute atomic E-state index is 11.6. The lowest BCUT2D eigenvalue weighted by Gasteiger charge is -2.56. The molecule has 2 aliphatic rings. The van der Waals surface area contributed by atoms with Gasteiger partial charge in [-0.1, -0.05) is 82.6 Å². The third-order valence-corrected chi connectivity index (χ3v) is 11.3. The van der Waals surface area contributed by atoms with E-state index < -0.39 is 12.6 Å². The van der Waals surface area contributed by atoms with Gasteiger partial charge in [0, 0.05) is 12.1 Å². The second kappa shape index (κ2) is 12.7. The smallest absolute Gasteiger partial charge is 0.341 e. The van der Waals surface area contributed by atoms with Crippen LogP contribution in [-0.2, 0) is 23.2 Å². The summed E-state index contributed by atoms with van der Waals surface area (Å²) in [5.41, 5.74) is 9.02. The van der Waals surface area contributed by atoms with Gasteiger partial charge in [-0.05, 0) is 113 Å². The van der Waals surface area contributed by atoms with Crippen molar-refractivity contribution in [1.29, 1.82) is 0 Å². The van der Waals surface area contributed by atoms with Crippen LogP contribution in [0.25, 0.3) is 33.5 Å². The van der Waals surface area contributed by atoms with E-state index in [4.69, 9.17) is 9.72 Å². The average Bonchev–Trinajstić information content (AvgIpc) is 3.44. The zero-order chi connectivity index (χ0) is 34.5. The minimum absolute atomic E-state index is 0.00702. The standard InChI is InChI=1S/C41H44N3O5/c1-26(2)27-12-15-34-30(20-27)14-17-37-40(3,18-7-19-41(34,37)4)25-43-36-16-13-29(28-8-5-10-32(21-28)44(47)48)23-35(36)42-39(43)31-9-6-11-33(22-31)49-24-38(45)46/h5-6,8-13,15-16,20-23,26,37,47H,7,14,17-19,24-25H2,1-4H3,(H,45,46)/q-1/t37-,40-,41+/m0/s1. The van der Waals surface area contributed by atoms with Crippen LogP contribution < -0.4 is 9.96 Å². The predicted octanol–water partition coefficient (Wildman–Crippen LogP) is 9.36. The molecule has 0 unspecified atom stereocenters. The molecule has 49 heavy (non-hydrogen) atoms. The molecular weight excluding hydrogens is 614 g/mol. The van der Waals surface area contributed by atoms with Crippen molar-refractivity contribution in [3.8, 4) is 28.3 Å². The minimum Gasteiger partial charge on any atom is -0.733 e. The highest BCUT2D eigenvalue weighted by Crippen LogP contribution is 2.58. The number of carbonyl (C=O) groups is 1. The first-order chi connectivity index (χ1) is 23.4. The van der Waals surface area contributed by atoms with E-state index in [1.165, 1.54) is 23.1 Å². The van der Waals surface area contributed by atoms with Crippen LogP contribution in [0.4, 0.5) is 5.69 Å². The van der Waals surface area contributed by atoms with Crippen LogP contribution in [0.3, 0.4) is 0 Å². The zero-order valence-electron chi connectivity index (χ0n) is 28.6. The molecule has 0 spiro atoms. The number of carboxylic acid groups (broad SMARTS) is 1. The summed E-state index contributed by atoms with van der Waals surface area (Å²) in [6.07, 6.45) is 5.68. The third-order valence-electron chi connectivity index (χ3n) is 11.3. The second-order valence-electron chi connectivity index (χ2n) is 14.8. The molecule has 8 nitrogen and oxygen atoms in total. The Balaban J connectivity index is 1.32. The summed E-state index contributed by atoms with van der Waals surface area (Å²) in [6, 6.07) is 27.8. The van der Waals surface area contributed by atoms with Crippen LogP contribution in [0.1, 0.15) is 76.0 Å². The van der Waals surface area contributed by atoms with Gasteiger partial charge in [-0.2, -0.15) is 0 Å². The Morgan fingerprint density at radius 3 is 2.55 bits per heavy atom. The molecule has 2 aliphatic carbocycles. The first-order valence-electron chi connectivity index (χ1n) is 17.3. The van der Waals surface area contributed by atoms with Crippen LogP contribution in [0, 0.1) is 16.5 Å². The highest BCUT2D eigenvalue weighted by molar-refractivity contribution is 5.86. The number of rotatable bonds is 9. The summed E-state index contributed by atoms with van der Waals surface area (Å²) in [7, 11) is 0.